The lowest BCUT2D eigenvalue weighted by Gasteiger charge is -2.27. The molecule has 1 heterocycles. The summed E-state index contributed by atoms with van der Waals surface area (Å²) in [5.74, 6) is 0.836. The number of hydrogen-bond donors (Lipinski definition) is 1. The van der Waals surface area contributed by atoms with Gasteiger partial charge in [0.15, 0.2) is 0 Å². The molecule has 1 saturated heterocycles. The molecule has 0 aliphatic carbocycles. The van der Waals surface area contributed by atoms with Crippen molar-refractivity contribution >= 4 is 0 Å². The normalized spacial score (nSPS) is 22.9. The number of hydrogen-bond acceptors (Lipinski definition) is 2. The van der Waals surface area contributed by atoms with Crippen molar-refractivity contribution in [2.75, 3.05) is 13.2 Å². The third-order valence-electron chi connectivity index (χ3n) is 3.65. The van der Waals surface area contributed by atoms with Gasteiger partial charge in [-0.05, 0) is 44.6 Å². The lowest BCUT2D eigenvalue weighted by molar-refractivity contribution is 0.00464. The Morgan fingerprint density at radius 2 is 2.06 bits per heavy atom. The smallest absolute Gasteiger partial charge is 0.0590 e. The van der Waals surface area contributed by atoms with Crippen LogP contribution < -0.4 is 5.32 Å². The van der Waals surface area contributed by atoms with Crippen LogP contribution in [0.1, 0.15) is 65.7 Å². The van der Waals surface area contributed by atoms with Gasteiger partial charge in [-0.25, -0.2) is 0 Å². The minimum atomic E-state index is 0.520. The Bertz CT molecular complexity index is 176. The topological polar surface area (TPSA) is 21.3 Å². The van der Waals surface area contributed by atoms with E-state index in [2.05, 4.69) is 26.1 Å². The van der Waals surface area contributed by atoms with E-state index < -0.39 is 0 Å². The van der Waals surface area contributed by atoms with Crippen LogP contribution in [-0.2, 0) is 4.74 Å². The molecule has 2 unspecified atom stereocenters. The maximum Gasteiger partial charge on any atom is 0.0590 e. The maximum absolute atomic E-state index is 5.84. The average molecular weight is 241 g/mol. The van der Waals surface area contributed by atoms with Crippen LogP contribution in [0, 0.1) is 5.92 Å². The van der Waals surface area contributed by atoms with Gasteiger partial charge in [-0.15, -0.1) is 0 Å². The van der Waals surface area contributed by atoms with E-state index in [0.29, 0.717) is 12.1 Å². The quantitative estimate of drug-likeness (QED) is 0.699. The van der Waals surface area contributed by atoms with Crippen LogP contribution in [0.2, 0.25) is 0 Å². The summed E-state index contributed by atoms with van der Waals surface area (Å²) in [7, 11) is 0. The van der Waals surface area contributed by atoms with Crippen LogP contribution in [0.4, 0.5) is 0 Å². The molecule has 0 aromatic carbocycles. The van der Waals surface area contributed by atoms with Crippen LogP contribution >= 0.6 is 0 Å². The van der Waals surface area contributed by atoms with Crippen LogP contribution in [-0.4, -0.2) is 25.3 Å². The molecule has 0 aromatic heterocycles. The summed E-state index contributed by atoms with van der Waals surface area (Å²) in [5.41, 5.74) is 0. The van der Waals surface area contributed by atoms with E-state index in [-0.39, 0.29) is 0 Å². The molecule has 2 atom stereocenters. The van der Waals surface area contributed by atoms with Gasteiger partial charge >= 0.3 is 0 Å². The lowest BCUT2D eigenvalue weighted by atomic mass is 9.96. The third kappa shape index (κ3) is 7.05. The van der Waals surface area contributed by atoms with Gasteiger partial charge in [-0.1, -0.05) is 33.6 Å². The van der Waals surface area contributed by atoms with Crippen molar-refractivity contribution in [3.63, 3.8) is 0 Å². The zero-order chi connectivity index (χ0) is 12.5. The highest BCUT2D eigenvalue weighted by Crippen LogP contribution is 2.19. The number of rotatable bonds is 8. The van der Waals surface area contributed by atoms with Crippen LogP contribution in [0.15, 0.2) is 0 Å². The fourth-order valence-corrected chi connectivity index (χ4v) is 2.68. The second kappa shape index (κ2) is 8.93. The first-order valence-electron chi connectivity index (χ1n) is 7.57. The molecule has 1 aliphatic heterocycles. The first kappa shape index (κ1) is 15.0. The zero-order valence-corrected chi connectivity index (χ0v) is 12.0. The Hall–Kier alpha value is -0.0800. The number of nitrogens with one attached hydrogen (secondary N) is 1. The molecule has 1 aliphatic rings. The highest BCUT2D eigenvalue weighted by Gasteiger charge is 2.18. The minimum Gasteiger partial charge on any atom is -0.378 e. The predicted octanol–water partition coefficient (Wildman–Crippen LogP) is 3.75. The van der Waals surface area contributed by atoms with Crippen molar-refractivity contribution in [1.29, 1.82) is 0 Å². The summed E-state index contributed by atoms with van der Waals surface area (Å²) >= 11 is 0. The maximum atomic E-state index is 5.84. The predicted molar refractivity (Wildman–Crippen MR) is 74.4 cm³/mol. The summed E-state index contributed by atoms with van der Waals surface area (Å²) < 4.78 is 5.84. The Kier molecular flexibility index (Phi) is 7.87. The Morgan fingerprint density at radius 1 is 1.24 bits per heavy atom. The SMILES string of the molecule is CCNC(CCCC(C)C)CC1CCCCO1. The highest BCUT2D eigenvalue weighted by atomic mass is 16.5. The molecule has 1 rings (SSSR count). The molecule has 1 N–H and O–H groups in total. The Balaban J connectivity index is 2.21. The monoisotopic (exact) mass is 241 g/mol. The van der Waals surface area contributed by atoms with Gasteiger partial charge < -0.3 is 10.1 Å². The van der Waals surface area contributed by atoms with Gasteiger partial charge in [-0.2, -0.15) is 0 Å². The van der Waals surface area contributed by atoms with Crippen molar-refractivity contribution in [2.45, 2.75) is 77.9 Å². The van der Waals surface area contributed by atoms with E-state index in [9.17, 15) is 0 Å². The fraction of sp³-hybridized carbons (Fsp3) is 1.00. The third-order valence-corrected chi connectivity index (χ3v) is 3.65. The molecule has 0 amide bonds. The largest absolute Gasteiger partial charge is 0.378 e. The van der Waals surface area contributed by atoms with Gasteiger partial charge in [0.2, 0.25) is 0 Å². The Morgan fingerprint density at radius 3 is 2.65 bits per heavy atom. The van der Waals surface area contributed by atoms with Gasteiger partial charge in [0.1, 0.15) is 0 Å². The molecule has 2 heteroatoms. The standard InChI is InChI=1S/C15H31NO/c1-4-16-14(9-7-8-13(2)3)12-15-10-5-6-11-17-15/h13-16H,4-12H2,1-3H3. The molecule has 0 bridgehead atoms. The molecule has 0 radical (unpaired) electrons. The second-order valence-electron chi connectivity index (χ2n) is 5.80. The van der Waals surface area contributed by atoms with Crippen molar-refractivity contribution < 1.29 is 4.74 Å². The molecular weight excluding hydrogens is 210 g/mol. The zero-order valence-electron chi connectivity index (χ0n) is 12.0. The van der Waals surface area contributed by atoms with Crippen LogP contribution in [0.3, 0.4) is 0 Å². The van der Waals surface area contributed by atoms with Gasteiger partial charge in [0, 0.05) is 12.6 Å². The van der Waals surface area contributed by atoms with Gasteiger partial charge in [-0.3, -0.25) is 0 Å². The lowest BCUT2D eigenvalue weighted by Crippen LogP contribution is -2.34. The van der Waals surface area contributed by atoms with Crippen LogP contribution in [0.25, 0.3) is 0 Å². The van der Waals surface area contributed by atoms with Crippen molar-refractivity contribution in [3.05, 3.63) is 0 Å². The minimum absolute atomic E-state index is 0.520. The summed E-state index contributed by atoms with van der Waals surface area (Å²) in [6, 6.07) is 0.668. The van der Waals surface area contributed by atoms with E-state index >= 15 is 0 Å². The molecule has 2 nitrogen and oxygen atoms in total. The van der Waals surface area contributed by atoms with Crippen molar-refractivity contribution in [1.82, 2.24) is 5.32 Å². The molecule has 0 aromatic rings. The summed E-state index contributed by atoms with van der Waals surface area (Å²) in [6.07, 6.45) is 9.64. The summed E-state index contributed by atoms with van der Waals surface area (Å²) in [5, 5.41) is 3.62. The van der Waals surface area contributed by atoms with E-state index in [0.717, 1.165) is 19.1 Å². The molecule has 17 heavy (non-hydrogen) atoms. The first-order valence-corrected chi connectivity index (χ1v) is 7.57. The van der Waals surface area contributed by atoms with Gasteiger partial charge in [0.05, 0.1) is 6.10 Å². The average Bonchev–Trinajstić information content (AvgIpc) is 2.30. The van der Waals surface area contributed by atoms with Gasteiger partial charge in [0.25, 0.3) is 0 Å². The fourth-order valence-electron chi connectivity index (χ4n) is 2.68. The van der Waals surface area contributed by atoms with E-state index in [4.69, 9.17) is 4.74 Å². The molecule has 1 fully saturated rings. The molecule has 0 saturated carbocycles. The number of ether oxygens (including phenoxy) is 1. The molecule has 0 spiro atoms. The second-order valence-corrected chi connectivity index (χ2v) is 5.80. The summed E-state index contributed by atoms with van der Waals surface area (Å²) in [4.78, 5) is 0. The van der Waals surface area contributed by atoms with Crippen molar-refractivity contribution in [3.8, 4) is 0 Å². The van der Waals surface area contributed by atoms with E-state index in [1.54, 1.807) is 0 Å². The highest BCUT2D eigenvalue weighted by molar-refractivity contribution is 4.74. The first-order chi connectivity index (χ1) is 8.22. The van der Waals surface area contributed by atoms with Crippen LogP contribution in [0.5, 0.6) is 0 Å². The van der Waals surface area contributed by atoms with E-state index in [1.165, 1.54) is 44.9 Å². The molecule has 102 valence electrons. The van der Waals surface area contributed by atoms with Crippen molar-refractivity contribution in [2.24, 2.45) is 5.92 Å². The summed E-state index contributed by atoms with van der Waals surface area (Å²) in [6.45, 7) is 8.89. The molecular formula is C15H31NO. The Labute approximate surface area is 108 Å². The van der Waals surface area contributed by atoms with E-state index in [1.807, 2.05) is 0 Å².